The third-order valence-corrected chi connectivity index (χ3v) is 4.30. The highest BCUT2D eigenvalue weighted by molar-refractivity contribution is 6.21. The van der Waals surface area contributed by atoms with Crippen LogP contribution < -0.4 is 5.32 Å². The molecular formula is C15H18N2O2. The first-order valence-corrected chi connectivity index (χ1v) is 6.86. The number of amides is 2. The summed E-state index contributed by atoms with van der Waals surface area (Å²) in [6.07, 6.45) is 3.84. The zero-order chi connectivity index (χ0) is 13.4. The van der Waals surface area contributed by atoms with E-state index < -0.39 is 0 Å². The Morgan fingerprint density at radius 2 is 1.53 bits per heavy atom. The molecule has 1 aromatic carbocycles. The lowest BCUT2D eigenvalue weighted by Crippen LogP contribution is -2.44. The summed E-state index contributed by atoms with van der Waals surface area (Å²) in [5.74, 6) is -0.234. The zero-order valence-electron chi connectivity index (χ0n) is 11.1. The third-order valence-electron chi connectivity index (χ3n) is 4.30. The second-order valence-electron chi connectivity index (χ2n) is 5.32. The molecule has 1 aliphatic heterocycles. The molecule has 0 aromatic heterocycles. The fraction of sp³-hybridized carbons (Fsp3) is 0.467. The molecule has 2 amide bonds. The van der Waals surface area contributed by atoms with Crippen LogP contribution in [0, 0.1) is 0 Å². The smallest absolute Gasteiger partial charge is 0.261 e. The minimum absolute atomic E-state index is 0.0667. The Hall–Kier alpha value is -1.68. The summed E-state index contributed by atoms with van der Waals surface area (Å²) in [5.41, 5.74) is 1.12. The van der Waals surface area contributed by atoms with E-state index in [1.807, 2.05) is 19.2 Å². The van der Waals surface area contributed by atoms with Gasteiger partial charge in [0, 0.05) is 12.1 Å². The largest absolute Gasteiger partial charge is 0.317 e. The van der Waals surface area contributed by atoms with E-state index in [2.05, 4.69) is 5.32 Å². The number of fused-ring (bicyclic) bond motifs is 1. The van der Waals surface area contributed by atoms with Crippen molar-refractivity contribution >= 4 is 11.8 Å². The average molecular weight is 258 g/mol. The molecule has 1 aromatic rings. The molecular weight excluding hydrogens is 240 g/mol. The summed E-state index contributed by atoms with van der Waals surface area (Å²) < 4.78 is 0. The molecule has 19 heavy (non-hydrogen) atoms. The van der Waals surface area contributed by atoms with Gasteiger partial charge in [-0.05, 0) is 44.9 Å². The summed E-state index contributed by atoms with van der Waals surface area (Å²) in [4.78, 5) is 26.2. The minimum atomic E-state index is -0.117. The lowest BCUT2D eigenvalue weighted by molar-refractivity contribution is 0.0539. The van der Waals surface area contributed by atoms with Gasteiger partial charge in [0.15, 0.2) is 0 Å². The maximum atomic E-state index is 12.3. The standard InChI is InChI=1S/C15H18N2O2/c1-16-10-6-8-11(9-7-10)17-14(18)12-4-2-3-5-13(12)15(17)19/h2-5,10-11,16H,6-9H2,1H3. The second kappa shape index (κ2) is 4.78. The van der Waals surface area contributed by atoms with Gasteiger partial charge < -0.3 is 5.32 Å². The Labute approximate surface area is 112 Å². The van der Waals surface area contributed by atoms with Gasteiger partial charge in [-0.1, -0.05) is 12.1 Å². The zero-order valence-corrected chi connectivity index (χ0v) is 11.1. The lowest BCUT2D eigenvalue weighted by Gasteiger charge is -2.33. The minimum Gasteiger partial charge on any atom is -0.317 e. The molecule has 1 N–H and O–H groups in total. The SMILES string of the molecule is CNC1CCC(N2C(=O)c3ccccc3C2=O)CC1. The molecule has 0 bridgehead atoms. The third kappa shape index (κ3) is 1.96. The Balaban J connectivity index is 1.81. The van der Waals surface area contributed by atoms with Gasteiger partial charge in [-0.25, -0.2) is 0 Å². The molecule has 4 nitrogen and oxygen atoms in total. The van der Waals surface area contributed by atoms with Gasteiger partial charge in [-0.15, -0.1) is 0 Å². The molecule has 2 aliphatic rings. The number of hydrogen-bond donors (Lipinski definition) is 1. The lowest BCUT2D eigenvalue weighted by atomic mass is 9.90. The number of rotatable bonds is 2. The first-order chi connectivity index (χ1) is 9.22. The summed E-state index contributed by atoms with van der Waals surface area (Å²) in [7, 11) is 1.97. The van der Waals surface area contributed by atoms with Crippen LogP contribution in [-0.4, -0.2) is 35.8 Å². The van der Waals surface area contributed by atoms with Gasteiger partial charge in [-0.3, -0.25) is 14.5 Å². The molecule has 1 saturated carbocycles. The fourth-order valence-corrected chi connectivity index (χ4v) is 3.16. The Morgan fingerprint density at radius 3 is 2.00 bits per heavy atom. The van der Waals surface area contributed by atoms with Crippen molar-refractivity contribution in [2.75, 3.05) is 7.05 Å². The average Bonchev–Trinajstić information content (AvgIpc) is 2.72. The van der Waals surface area contributed by atoms with Gasteiger partial charge in [0.1, 0.15) is 0 Å². The van der Waals surface area contributed by atoms with Gasteiger partial charge >= 0.3 is 0 Å². The predicted molar refractivity (Wildman–Crippen MR) is 72.0 cm³/mol. The van der Waals surface area contributed by atoms with Gasteiger partial charge in [-0.2, -0.15) is 0 Å². The van der Waals surface area contributed by atoms with Gasteiger partial charge in [0.05, 0.1) is 11.1 Å². The maximum Gasteiger partial charge on any atom is 0.261 e. The van der Waals surface area contributed by atoms with Crippen molar-refractivity contribution in [3.8, 4) is 0 Å². The van der Waals surface area contributed by atoms with Crippen LogP contribution in [0.3, 0.4) is 0 Å². The molecule has 1 fully saturated rings. The monoisotopic (exact) mass is 258 g/mol. The molecule has 1 aliphatic carbocycles. The van der Waals surface area contributed by atoms with Gasteiger partial charge in [0.2, 0.25) is 0 Å². The predicted octanol–water partition coefficient (Wildman–Crippen LogP) is 1.81. The van der Waals surface area contributed by atoms with Crippen molar-refractivity contribution in [2.45, 2.75) is 37.8 Å². The van der Waals surface area contributed by atoms with Crippen LogP contribution in [0.5, 0.6) is 0 Å². The van der Waals surface area contributed by atoms with E-state index in [-0.39, 0.29) is 17.9 Å². The first kappa shape index (κ1) is 12.4. The molecule has 4 heteroatoms. The highest BCUT2D eigenvalue weighted by Crippen LogP contribution is 2.30. The van der Waals surface area contributed by atoms with Crippen molar-refractivity contribution in [1.82, 2.24) is 10.2 Å². The van der Waals surface area contributed by atoms with Crippen molar-refractivity contribution < 1.29 is 9.59 Å². The van der Waals surface area contributed by atoms with Crippen LogP contribution in [0.4, 0.5) is 0 Å². The van der Waals surface area contributed by atoms with Crippen molar-refractivity contribution in [1.29, 1.82) is 0 Å². The summed E-state index contributed by atoms with van der Waals surface area (Å²) in [6.45, 7) is 0. The molecule has 0 atom stereocenters. The number of carbonyl (C=O) groups excluding carboxylic acids is 2. The second-order valence-corrected chi connectivity index (χ2v) is 5.32. The Bertz CT molecular complexity index is 484. The van der Waals surface area contributed by atoms with Crippen LogP contribution in [0.15, 0.2) is 24.3 Å². The normalized spacial score (nSPS) is 26.7. The Morgan fingerprint density at radius 1 is 1.00 bits per heavy atom. The van der Waals surface area contributed by atoms with Crippen molar-refractivity contribution in [3.05, 3.63) is 35.4 Å². The van der Waals surface area contributed by atoms with Crippen molar-refractivity contribution in [2.24, 2.45) is 0 Å². The molecule has 0 spiro atoms. The van der Waals surface area contributed by atoms with Crippen molar-refractivity contribution in [3.63, 3.8) is 0 Å². The van der Waals surface area contributed by atoms with E-state index in [1.54, 1.807) is 12.1 Å². The van der Waals surface area contributed by atoms with E-state index in [9.17, 15) is 9.59 Å². The van der Waals surface area contributed by atoms with Crippen LogP contribution in [0.1, 0.15) is 46.4 Å². The van der Waals surface area contributed by atoms with E-state index in [0.717, 1.165) is 25.7 Å². The summed E-state index contributed by atoms with van der Waals surface area (Å²) in [6, 6.07) is 7.70. The van der Waals surface area contributed by atoms with E-state index in [0.29, 0.717) is 17.2 Å². The molecule has 0 radical (unpaired) electrons. The fourth-order valence-electron chi connectivity index (χ4n) is 3.16. The maximum absolute atomic E-state index is 12.3. The highest BCUT2D eigenvalue weighted by atomic mass is 16.2. The highest BCUT2D eigenvalue weighted by Gasteiger charge is 2.40. The number of nitrogens with one attached hydrogen (secondary N) is 1. The Kier molecular flexibility index (Phi) is 3.11. The molecule has 0 saturated heterocycles. The van der Waals surface area contributed by atoms with Crippen LogP contribution in [0.2, 0.25) is 0 Å². The summed E-state index contributed by atoms with van der Waals surface area (Å²) in [5, 5.41) is 3.27. The number of hydrogen-bond acceptors (Lipinski definition) is 3. The van der Waals surface area contributed by atoms with Crippen LogP contribution >= 0.6 is 0 Å². The van der Waals surface area contributed by atoms with Crippen LogP contribution in [-0.2, 0) is 0 Å². The number of imide groups is 1. The quantitative estimate of drug-likeness (QED) is 0.823. The molecule has 3 rings (SSSR count). The van der Waals surface area contributed by atoms with E-state index in [4.69, 9.17) is 0 Å². The van der Waals surface area contributed by atoms with Crippen LogP contribution in [0.25, 0.3) is 0 Å². The molecule has 1 heterocycles. The molecule has 100 valence electrons. The number of carbonyl (C=O) groups is 2. The first-order valence-electron chi connectivity index (χ1n) is 6.86. The van der Waals surface area contributed by atoms with E-state index >= 15 is 0 Å². The topological polar surface area (TPSA) is 49.4 Å². The molecule has 0 unspecified atom stereocenters. The van der Waals surface area contributed by atoms with Gasteiger partial charge in [0.25, 0.3) is 11.8 Å². The van der Waals surface area contributed by atoms with E-state index in [1.165, 1.54) is 4.90 Å². The summed E-state index contributed by atoms with van der Waals surface area (Å²) >= 11 is 0. The number of nitrogens with zero attached hydrogens (tertiary/aromatic N) is 1. The number of benzene rings is 1.